The summed E-state index contributed by atoms with van der Waals surface area (Å²) in [6.07, 6.45) is 2.57. The van der Waals surface area contributed by atoms with Gasteiger partial charge in [-0.3, -0.25) is 0 Å². The molecule has 2 aliphatic carbocycles. The molecule has 3 saturated heterocycles. The molecule has 4 bridgehead atoms. The van der Waals surface area contributed by atoms with Crippen molar-refractivity contribution < 1.29 is 23.7 Å². The van der Waals surface area contributed by atoms with Gasteiger partial charge in [0, 0.05) is 32.2 Å². The van der Waals surface area contributed by atoms with Gasteiger partial charge >= 0.3 is 0 Å². The van der Waals surface area contributed by atoms with Gasteiger partial charge in [0.15, 0.2) is 17.6 Å². The predicted octanol–water partition coefficient (Wildman–Crippen LogP) is 1.48. The minimum Gasteiger partial charge on any atom is -0.493 e. The Kier molecular flexibility index (Phi) is 2.75. The molecule has 5 atom stereocenters. The van der Waals surface area contributed by atoms with Crippen LogP contribution in [0, 0.1) is 0 Å². The van der Waals surface area contributed by atoms with Crippen LogP contribution in [0.3, 0.4) is 0 Å². The zero-order chi connectivity index (χ0) is 17.9. The summed E-state index contributed by atoms with van der Waals surface area (Å²) in [5.41, 5.74) is 2.16. The lowest BCUT2D eigenvalue weighted by atomic mass is 9.45. The second-order valence-corrected chi connectivity index (χ2v) is 8.38. The first-order valence-electron chi connectivity index (χ1n) is 9.43. The molecule has 7 rings (SSSR count). The highest BCUT2D eigenvalue weighted by atomic mass is 16.7. The van der Waals surface area contributed by atoms with E-state index in [0.29, 0.717) is 6.04 Å². The number of likely N-dealkylation sites (tertiary alicyclic amines) is 1. The molecule has 4 fully saturated rings. The van der Waals surface area contributed by atoms with E-state index in [2.05, 4.69) is 18.0 Å². The van der Waals surface area contributed by atoms with Gasteiger partial charge in [-0.2, -0.15) is 0 Å². The number of ether oxygens (including phenoxy) is 5. The molecular weight excluding hydrogens is 334 g/mol. The van der Waals surface area contributed by atoms with Crippen LogP contribution >= 0.6 is 0 Å². The number of piperidine rings is 1. The standard InChI is InChI=1S/C20H25NO5/c1-21-8-7-18-15-11-5-6-12(22-2)16(15)25-17(18)20(23-3,24-4)14-10-19(18,26-14)13(21)9-11/h5-6,13-14,17H,7-10H2,1-4H3. The minimum atomic E-state index is -0.888. The van der Waals surface area contributed by atoms with Gasteiger partial charge in [0.25, 0.3) is 0 Å². The molecule has 0 N–H and O–H groups in total. The molecule has 0 amide bonds. The second kappa shape index (κ2) is 4.55. The third-order valence-corrected chi connectivity index (χ3v) is 7.95. The fraction of sp³-hybridized carbons (Fsp3) is 0.700. The van der Waals surface area contributed by atoms with Crippen molar-refractivity contribution in [1.29, 1.82) is 0 Å². The SMILES string of the molecule is COc1ccc2c3c1OC1C(OC)(OC)C4CC5(O4)C(C2)N(C)CCC315. The van der Waals surface area contributed by atoms with E-state index in [0.717, 1.165) is 37.3 Å². The molecular formula is C20H25NO5. The van der Waals surface area contributed by atoms with Gasteiger partial charge < -0.3 is 28.6 Å². The van der Waals surface area contributed by atoms with Crippen molar-refractivity contribution in [2.24, 2.45) is 0 Å². The van der Waals surface area contributed by atoms with Crippen molar-refractivity contribution in [2.45, 2.75) is 54.3 Å². The van der Waals surface area contributed by atoms with Gasteiger partial charge in [-0.25, -0.2) is 0 Å². The number of benzene rings is 1. The molecule has 6 nitrogen and oxygen atoms in total. The quantitative estimate of drug-likeness (QED) is 0.762. The van der Waals surface area contributed by atoms with Gasteiger partial charge in [-0.05, 0) is 38.1 Å². The molecule has 0 radical (unpaired) electrons. The van der Waals surface area contributed by atoms with Crippen LogP contribution in [0.4, 0.5) is 0 Å². The van der Waals surface area contributed by atoms with E-state index in [1.54, 1.807) is 21.3 Å². The van der Waals surface area contributed by atoms with Crippen molar-refractivity contribution in [3.63, 3.8) is 0 Å². The highest BCUT2D eigenvalue weighted by Crippen LogP contribution is 2.73. The Morgan fingerprint density at radius 2 is 1.96 bits per heavy atom. The molecule has 26 heavy (non-hydrogen) atoms. The lowest BCUT2D eigenvalue weighted by Gasteiger charge is -2.74. The van der Waals surface area contributed by atoms with Crippen LogP contribution in [0.25, 0.3) is 0 Å². The van der Waals surface area contributed by atoms with E-state index in [9.17, 15) is 0 Å². The zero-order valence-corrected chi connectivity index (χ0v) is 15.7. The number of rotatable bonds is 3. The van der Waals surface area contributed by atoms with Crippen molar-refractivity contribution >= 4 is 0 Å². The van der Waals surface area contributed by atoms with Crippen molar-refractivity contribution in [2.75, 3.05) is 34.9 Å². The molecule has 6 heteroatoms. The third-order valence-electron chi connectivity index (χ3n) is 7.95. The van der Waals surface area contributed by atoms with E-state index < -0.39 is 5.79 Å². The van der Waals surface area contributed by atoms with Gasteiger partial charge in [0.2, 0.25) is 5.79 Å². The lowest BCUT2D eigenvalue weighted by molar-refractivity contribution is -0.446. The summed E-state index contributed by atoms with van der Waals surface area (Å²) in [6.45, 7) is 1.01. The molecule has 1 aromatic rings. The molecule has 0 aromatic heterocycles. The Morgan fingerprint density at radius 1 is 1.19 bits per heavy atom. The Hall–Kier alpha value is -1.34. The van der Waals surface area contributed by atoms with Gasteiger partial charge in [-0.15, -0.1) is 0 Å². The molecule has 1 saturated carbocycles. The Morgan fingerprint density at radius 3 is 2.65 bits per heavy atom. The smallest absolute Gasteiger partial charge is 0.233 e. The second-order valence-electron chi connectivity index (χ2n) is 8.38. The minimum absolute atomic E-state index is 0.105. The summed E-state index contributed by atoms with van der Waals surface area (Å²) in [6, 6.07) is 4.59. The topological polar surface area (TPSA) is 49.4 Å². The van der Waals surface area contributed by atoms with Crippen LogP contribution in [0.5, 0.6) is 11.5 Å². The highest BCUT2D eigenvalue weighted by Gasteiger charge is 2.85. The molecule has 5 unspecified atom stereocenters. The van der Waals surface area contributed by atoms with E-state index in [1.165, 1.54) is 11.1 Å². The van der Waals surface area contributed by atoms with Crippen LogP contribution in [-0.4, -0.2) is 69.5 Å². The maximum atomic E-state index is 6.71. The molecule has 140 valence electrons. The first-order valence-corrected chi connectivity index (χ1v) is 9.43. The molecule has 1 aromatic carbocycles. The Bertz CT molecular complexity index is 800. The fourth-order valence-corrected chi connectivity index (χ4v) is 6.88. The summed E-state index contributed by atoms with van der Waals surface area (Å²) >= 11 is 0. The van der Waals surface area contributed by atoms with E-state index in [1.807, 2.05) is 6.07 Å². The maximum absolute atomic E-state index is 6.71. The number of methoxy groups -OCH3 is 3. The lowest BCUT2D eigenvalue weighted by Crippen LogP contribution is -2.89. The third kappa shape index (κ3) is 1.29. The summed E-state index contributed by atoms with van der Waals surface area (Å²) in [5.74, 6) is 0.770. The van der Waals surface area contributed by atoms with Gasteiger partial charge in [-0.1, -0.05) is 6.07 Å². The number of nitrogens with zero attached hydrogens (tertiary/aromatic N) is 1. The maximum Gasteiger partial charge on any atom is 0.233 e. The summed E-state index contributed by atoms with van der Waals surface area (Å²) in [4.78, 5) is 2.47. The summed E-state index contributed by atoms with van der Waals surface area (Å²) < 4.78 is 31.0. The van der Waals surface area contributed by atoms with Crippen LogP contribution < -0.4 is 9.47 Å². The van der Waals surface area contributed by atoms with Crippen LogP contribution in [0.15, 0.2) is 12.1 Å². The summed E-state index contributed by atoms with van der Waals surface area (Å²) in [7, 11) is 7.33. The monoisotopic (exact) mass is 359 g/mol. The van der Waals surface area contributed by atoms with Crippen molar-refractivity contribution in [3.8, 4) is 11.5 Å². The van der Waals surface area contributed by atoms with Crippen LogP contribution in [-0.2, 0) is 26.0 Å². The van der Waals surface area contributed by atoms with E-state index >= 15 is 0 Å². The molecule has 4 heterocycles. The first-order chi connectivity index (χ1) is 12.6. The molecule has 4 aliphatic heterocycles. The van der Waals surface area contributed by atoms with Crippen molar-refractivity contribution in [3.05, 3.63) is 23.3 Å². The van der Waals surface area contributed by atoms with Crippen molar-refractivity contribution in [1.82, 2.24) is 4.90 Å². The highest BCUT2D eigenvalue weighted by molar-refractivity contribution is 5.64. The predicted molar refractivity (Wildman–Crippen MR) is 92.8 cm³/mol. The fourth-order valence-electron chi connectivity index (χ4n) is 6.88. The average Bonchev–Trinajstić information content (AvgIpc) is 2.99. The van der Waals surface area contributed by atoms with Crippen LogP contribution in [0.2, 0.25) is 0 Å². The molecule has 2 spiro atoms. The summed E-state index contributed by atoms with van der Waals surface area (Å²) in [5, 5.41) is 0. The van der Waals surface area contributed by atoms with E-state index in [4.69, 9.17) is 23.7 Å². The van der Waals surface area contributed by atoms with Crippen LogP contribution in [0.1, 0.15) is 24.0 Å². The number of hydrogen-bond donors (Lipinski definition) is 0. The Balaban J connectivity index is 1.68. The first kappa shape index (κ1) is 15.7. The van der Waals surface area contributed by atoms with E-state index in [-0.39, 0.29) is 23.2 Å². The Labute approximate surface area is 153 Å². The largest absolute Gasteiger partial charge is 0.493 e. The average molecular weight is 359 g/mol. The molecule has 6 aliphatic rings. The number of hydrogen-bond acceptors (Lipinski definition) is 6. The van der Waals surface area contributed by atoms with Gasteiger partial charge in [0.1, 0.15) is 11.7 Å². The van der Waals surface area contributed by atoms with Gasteiger partial charge in [0.05, 0.1) is 12.5 Å². The zero-order valence-electron chi connectivity index (χ0n) is 15.7. The number of likely N-dealkylation sites (N-methyl/N-ethyl adjacent to an activating group) is 1. The normalized spacial score (nSPS) is 43.3.